The van der Waals surface area contributed by atoms with Crippen molar-refractivity contribution in [3.63, 3.8) is 0 Å². The summed E-state index contributed by atoms with van der Waals surface area (Å²) in [5.41, 5.74) is 0. The molecule has 2 aliphatic rings. The van der Waals surface area contributed by atoms with E-state index in [4.69, 9.17) is 4.74 Å². The molecule has 2 fully saturated rings. The van der Waals surface area contributed by atoms with Gasteiger partial charge in [-0.15, -0.1) is 0 Å². The third-order valence-electron chi connectivity index (χ3n) is 3.56. The van der Waals surface area contributed by atoms with E-state index in [1.165, 1.54) is 6.42 Å². The van der Waals surface area contributed by atoms with Crippen molar-refractivity contribution >= 4 is 0 Å². The zero-order valence-corrected chi connectivity index (χ0v) is 8.98. The quantitative estimate of drug-likeness (QED) is 0.680. The van der Waals surface area contributed by atoms with Crippen molar-refractivity contribution in [2.45, 2.75) is 38.3 Å². The molecule has 0 aromatic heterocycles. The normalized spacial score (nSPS) is 41.1. The van der Waals surface area contributed by atoms with E-state index in [1.807, 2.05) is 0 Å². The van der Waals surface area contributed by atoms with Crippen LogP contribution in [0, 0.1) is 5.92 Å². The van der Waals surface area contributed by atoms with Gasteiger partial charge in [0, 0.05) is 19.1 Å². The number of aliphatic hydroxyl groups is 1. The Balaban J connectivity index is 1.92. The Labute approximate surface area is 86.0 Å². The highest BCUT2D eigenvalue weighted by atomic mass is 16.5. The highest BCUT2D eigenvalue weighted by Crippen LogP contribution is 2.28. The standard InChI is InChI=1S/C11H21NO2/c1-9-2-3-11(13)10(8-9)12-4-6-14-7-5-12/h9-11,13H,2-8H2,1H3. The molecule has 2 rings (SSSR count). The van der Waals surface area contributed by atoms with Crippen LogP contribution in [0.15, 0.2) is 0 Å². The van der Waals surface area contributed by atoms with E-state index in [2.05, 4.69) is 11.8 Å². The Morgan fingerprint density at radius 2 is 1.93 bits per heavy atom. The lowest BCUT2D eigenvalue weighted by Crippen LogP contribution is -2.51. The van der Waals surface area contributed by atoms with Crippen LogP contribution < -0.4 is 0 Å². The van der Waals surface area contributed by atoms with Gasteiger partial charge in [-0.1, -0.05) is 6.92 Å². The minimum atomic E-state index is -0.107. The molecule has 0 spiro atoms. The third kappa shape index (κ3) is 2.27. The van der Waals surface area contributed by atoms with Gasteiger partial charge in [-0.05, 0) is 25.2 Å². The fraction of sp³-hybridized carbons (Fsp3) is 1.00. The second-order valence-corrected chi connectivity index (χ2v) is 4.70. The van der Waals surface area contributed by atoms with Crippen molar-refractivity contribution in [2.24, 2.45) is 5.92 Å². The molecular formula is C11H21NO2. The smallest absolute Gasteiger partial charge is 0.0695 e. The summed E-state index contributed by atoms with van der Waals surface area (Å²) in [6, 6.07) is 0.391. The van der Waals surface area contributed by atoms with Crippen molar-refractivity contribution in [1.29, 1.82) is 0 Å². The van der Waals surface area contributed by atoms with Gasteiger partial charge < -0.3 is 9.84 Å². The van der Waals surface area contributed by atoms with Crippen LogP contribution >= 0.6 is 0 Å². The van der Waals surface area contributed by atoms with Gasteiger partial charge in [0.1, 0.15) is 0 Å². The maximum absolute atomic E-state index is 9.96. The van der Waals surface area contributed by atoms with E-state index < -0.39 is 0 Å². The molecule has 0 aromatic rings. The van der Waals surface area contributed by atoms with Gasteiger partial charge in [0.05, 0.1) is 19.3 Å². The van der Waals surface area contributed by atoms with E-state index in [9.17, 15) is 5.11 Å². The molecule has 3 heteroatoms. The van der Waals surface area contributed by atoms with Gasteiger partial charge >= 0.3 is 0 Å². The van der Waals surface area contributed by atoms with Gasteiger partial charge in [0.2, 0.25) is 0 Å². The van der Waals surface area contributed by atoms with Crippen molar-refractivity contribution < 1.29 is 9.84 Å². The Morgan fingerprint density at radius 3 is 2.64 bits per heavy atom. The first-order chi connectivity index (χ1) is 6.77. The molecule has 3 atom stereocenters. The van der Waals surface area contributed by atoms with E-state index in [0.29, 0.717) is 6.04 Å². The van der Waals surface area contributed by atoms with Crippen LogP contribution in [0.25, 0.3) is 0 Å². The molecule has 0 amide bonds. The molecule has 0 radical (unpaired) electrons. The summed E-state index contributed by atoms with van der Waals surface area (Å²) in [5, 5.41) is 9.96. The van der Waals surface area contributed by atoms with Crippen LogP contribution in [-0.4, -0.2) is 48.5 Å². The van der Waals surface area contributed by atoms with Crippen LogP contribution in [-0.2, 0) is 4.74 Å². The lowest BCUT2D eigenvalue weighted by Gasteiger charge is -2.41. The Morgan fingerprint density at radius 1 is 1.21 bits per heavy atom. The maximum Gasteiger partial charge on any atom is 0.0695 e. The highest BCUT2D eigenvalue weighted by Gasteiger charge is 2.32. The predicted molar refractivity (Wildman–Crippen MR) is 55.2 cm³/mol. The number of morpholine rings is 1. The number of nitrogens with zero attached hydrogens (tertiary/aromatic N) is 1. The number of rotatable bonds is 1. The van der Waals surface area contributed by atoms with Crippen molar-refractivity contribution in [1.82, 2.24) is 4.90 Å². The summed E-state index contributed by atoms with van der Waals surface area (Å²) in [7, 11) is 0. The van der Waals surface area contributed by atoms with E-state index in [-0.39, 0.29) is 6.10 Å². The zero-order valence-electron chi connectivity index (χ0n) is 8.98. The van der Waals surface area contributed by atoms with Crippen molar-refractivity contribution in [3.05, 3.63) is 0 Å². The van der Waals surface area contributed by atoms with Crippen LogP contribution in [0.1, 0.15) is 26.2 Å². The third-order valence-corrected chi connectivity index (χ3v) is 3.56. The van der Waals surface area contributed by atoms with Gasteiger partial charge in [0.25, 0.3) is 0 Å². The van der Waals surface area contributed by atoms with Crippen LogP contribution in [0.4, 0.5) is 0 Å². The van der Waals surface area contributed by atoms with Gasteiger partial charge in [-0.2, -0.15) is 0 Å². The molecule has 14 heavy (non-hydrogen) atoms. The average molecular weight is 199 g/mol. The predicted octanol–water partition coefficient (Wildman–Crippen LogP) is 0.868. The molecule has 1 aliphatic heterocycles. The summed E-state index contributed by atoms with van der Waals surface area (Å²) in [5.74, 6) is 0.770. The van der Waals surface area contributed by atoms with E-state index >= 15 is 0 Å². The summed E-state index contributed by atoms with van der Waals surface area (Å²) in [6.45, 7) is 5.94. The Bertz CT molecular complexity index is 180. The summed E-state index contributed by atoms with van der Waals surface area (Å²) in [4.78, 5) is 2.41. The fourth-order valence-electron chi connectivity index (χ4n) is 2.64. The molecule has 3 unspecified atom stereocenters. The molecule has 0 aromatic carbocycles. The van der Waals surface area contributed by atoms with E-state index in [0.717, 1.165) is 45.1 Å². The SMILES string of the molecule is CC1CCC(O)C(N2CCOCC2)C1. The number of aliphatic hydroxyl groups excluding tert-OH is 1. The molecule has 1 saturated heterocycles. The van der Waals surface area contributed by atoms with Crippen LogP contribution in [0.3, 0.4) is 0 Å². The van der Waals surface area contributed by atoms with Crippen LogP contribution in [0.2, 0.25) is 0 Å². The number of ether oxygens (including phenoxy) is 1. The first-order valence-electron chi connectivity index (χ1n) is 5.77. The number of hydrogen-bond acceptors (Lipinski definition) is 3. The minimum Gasteiger partial charge on any atom is -0.391 e. The highest BCUT2D eigenvalue weighted by molar-refractivity contribution is 4.86. The molecule has 3 nitrogen and oxygen atoms in total. The summed E-state index contributed by atoms with van der Waals surface area (Å²) in [6.07, 6.45) is 3.20. The number of hydrogen-bond donors (Lipinski definition) is 1. The monoisotopic (exact) mass is 199 g/mol. The Kier molecular flexibility index (Phi) is 3.42. The Hall–Kier alpha value is -0.120. The van der Waals surface area contributed by atoms with Crippen LogP contribution in [0.5, 0.6) is 0 Å². The lowest BCUT2D eigenvalue weighted by molar-refractivity contribution is -0.0435. The molecule has 82 valence electrons. The van der Waals surface area contributed by atoms with Crippen molar-refractivity contribution in [3.8, 4) is 0 Å². The lowest BCUT2D eigenvalue weighted by atomic mass is 9.84. The second kappa shape index (κ2) is 4.60. The van der Waals surface area contributed by atoms with Gasteiger partial charge in [-0.3, -0.25) is 4.90 Å². The molecule has 1 saturated carbocycles. The first kappa shape index (κ1) is 10.4. The van der Waals surface area contributed by atoms with E-state index in [1.54, 1.807) is 0 Å². The average Bonchev–Trinajstić information content (AvgIpc) is 2.23. The zero-order chi connectivity index (χ0) is 9.97. The first-order valence-corrected chi connectivity index (χ1v) is 5.77. The maximum atomic E-state index is 9.96. The summed E-state index contributed by atoms with van der Waals surface area (Å²) < 4.78 is 5.33. The summed E-state index contributed by atoms with van der Waals surface area (Å²) >= 11 is 0. The molecule has 1 heterocycles. The fourth-order valence-corrected chi connectivity index (χ4v) is 2.64. The molecule has 0 bridgehead atoms. The molecule has 1 aliphatic carbocycles. The van der Waals surface area contributed by atoms with Gasteiger partial charge in [-0.25, -0.2) is 0 Å². The molecule has 1 N–H and O–H groups in total. The topological polar surface area (TPSA) is 32.7 Å². The largest absolute Gasteiger partial charge is 0.391 e. The second-order valence-electron chi connectivity index (χ2n) is 4.70. The molecular weight excluding hydrogens is 178 g/mol. The van der Waals surface area contributed by atoms with Crippen molar-refractivity contribution in [2.75, 3.05) is 26.3 Å². The minimum absolute atomic E-state index is 0.107. The van der Waals surface area contributed by atoms with Gasteiger partial charge in [0.15, 0.2) is 0 Å².